The number of hydrogen-bond acceptors (Lipinski definition) is 9. The van der Waals surface area contributed by atoms with Crippen LogP contribution in [0.2, 0.25) is 0 Å². The predicted molar refractivity (Wildman–Crippen MR) is 145 cm³/mol. The van der Waals surface area contributed by atoms with E-state index in [9.17, 15) is 23.6 Å². The number of carbonyl (C=O) groups is 4. The van der Waals surface area contributed by atoms with E-state index in [2.05, 4.69) is 10.3 Å². The van der Waals surface area contributed by atoms with Gasteiger partial charge in [0.05, 0.1) is 40.5 Å². The third-order valence-corrected chi connectivity index (χ3v) is 8.74. The minimum Gasteiger partial charge on any atom is -0.465 e. The van der Waals surface area contributed by atoms with Crippen LogP contribution in [0.25, 0.3) is 10.2 Å². The number of aryl methyl sites for hydroxylation is 1. The molecule has 0 fully saturated rings. The lowest BCUT2D eigenvalue weighted by atomic mass is 10.1. The Morgan fingerprint density at radius 2 is 1.89 bits per heavy atom. The third-order valence-electron chi connectivity index (χ3n) is 5.57. The van der Waals surface area contributed by atoms with Crippen molar-refractivity contribution in [2.45, 2.75) is 39.7 Å². The molecule has 0 saturated heterocycles. The number of anilines is 1. The summed E-state index contributed by atoms with van der Waals surface area (Å²) in [7, 11) is 0. The number of nitrogens with one attached hydrogen (secondary N) is 1. The van der Waals surface area contributed by atoms with E-state index in [1.54, 1.807) is 13.8 Å². The van der Waals surface area contributed by atoms with Crippen molar-refractivity contribution in [2.75, 3.05) is 30.0 Å². The maximum absolute atomic E-state index is 13.7. The molecule has 0 aliphatic heterocycles. The normalized spacial score (nSPS) is 13.0. The molecular formula is C25H26FN3O6S3. The summed E-state index contributed by atoms with van der Waals surface area (Å²) in [6.45, 7) is 3.70. The molecule has 0 radical (unpaired) electrons. The van der Waals surface area contributed by atoms with Gasteiger partial charge in [0.2, 0.25) is 5.91 Å². The summed E-state index contributed by atoms with van der Waals surface area (Å²) in [4.78, 5) is 55.2. The minimum atomic E-state index is -0.505. The second-order valence-corrected chi connectivity index (χ2v) is 11.3. The molecule has 1 aliphatic carbocycles. The van der Waals surface area contributed by atoms with E-state index in [4.69, 9.17) is 9.47 Å². The average molecular weight is 580 g/mol. The van der Waals surface area contributed by atoms with Crippen molar-refractivity contribution in [1.82, 2.24) is 4.57 Å². The maximum Gasteiger partial charge on any atom is 0.341 e. The number of rotatable bonds is 10. The van der Waals surface area contributed by atoms with Crippen molar-refractivity contribution in [2.24, 2.45) is 4.99 Å². The fraction of sp³-hybridized carbons (Fsp3) is 0.400. The van der Waals surface area contributed by atoms with Crippen molar-refractivity contribution in [3.8, 4) is 0 Å². The molecule has 9 nitrogen and oxygen atoms in total. The van der Waals surface area contributed by atoms with E-state index < -0.39 is 23.7 Å². The number of hydrogen-bond donors (Lipinski definition) is 1. The van der Waals surface area contributed by atoms with Gasteiger partial charge in [-0.05, 0) is 56.9 Å². The molecule has 13 heteroatoms. The first-order valence-corrected chi connectivity index (χ1v) is 14.8. The van der Waals surface area contributed by atoms with E-state index in [1.807, 2.05) is 0 Å². The third kappa shape index (κ3) is 6.51. The van der Waals surface area contributed by atoms with Gasteiger partial charge in [-0.2, -0.15) is 4.99 Å². The van der Waals surface area contributed by atoms with E-state index >= 15 is 0 Å². The van der Waals surface area contributed by atoms with Gasteiger partial charge in [0.25, 0.3) is 5.91 Å². The Bertz CT molecular complexity index is 1460. The Morgan fingerprint density at radius 3 is 2.66 bits per heavy atom. The molecule has 2 aromatic heterocycles. The van der Waals surface area contributed by atoms with Gasteiger partial charge in [-0.1, -0.05) is 11.3 Å². The summed E-state index contributed by atoms with van der Waals surface area (Å²) in [6, 6.07) is 4.11. The highest BCUT2D eigenvalue weighted by Gasteiger charge is 2.28. The molecule has 2 heterocycles. The first kappa shape index (κ1) is 28.0. The number of carbonyl (C=O) groups excluding carboxylic acids is 4. The Hall–Kier alpha value is -3.03. The molecule has 4 rings (SSSR count). The summed E-state index contributed by atoms with van der Waals surface area (Å²) < 4.78 is 26.0. The summed E-state index contributed by atoms with van der Waals surface area (Å²) in [5.74, 6) is -2.34. The zero-order valence-corrected chi connectivity index (χ0v) is 23.3. The molecule has 2 amide bonds. The second kappa shape index (κ2) is 12.7. The number of esters is 2. The Kier molecular flexibility index (Phi) is 9.34. The number of nitrogens with zero attached hydrogens (tertiary/aromatic N) is 2. The molecule has 0 atom stereocenters. The predicted octanol–water partition coefficient (Wildman–Crippen LogP) is 3.93. The Balaban J connectivity index is 1.42. The average Bonchev–Trinajstić information content (AvgIpc) is 3.52. The number of aromatic nitrogens is 1. The SMILES string of the molecule is CCOC(=O)Cn1c(=NC(=O)CSCC(=O)Nc2sc3c(c2C(=O)OCC)CCC3)sc2cc(F)ccc21. The molecule has 0 spiro atoms. The van der Waals surface area contributed by atoms with Crippen LogP contribution >= 0.6 is 34.4 Å². The molecule has 0 bridgehead atoms. The zero-order valence-electron chi connectivity index (χ0n) is 20.8. The maximum atomic E-state index is 13.7. The van der Waals surface area contributed by atoms with Gasteiger partial charge in [0, 0.05) is 4.88 Å². The number of thioether (sulfide) groups is 1. The van der Waals surface area contributed by atoms with Crippen molar-refractivity contribution >= 4 is 73.4 Å². The molecular weight excluding hydrogens is 553 g/mol. The molecule has 1 N–H and O–H groups in total. The number of benzene rings is 1. The van der Waals surface area contributed by atoms with E-state index in [0.717, 1.165) is 52.8 Å². The van der Waals surface area contributed by atoms with Crippen LogP contribution in [-0.4, -0.2) is 53.0 Å². The standard InChI is InChI=1S/C25H26FN3O6S3/c1-3-34-21(32)11-29-16-9-8-14(26)10-18(16)38-25(29)28-20(31)13-36-12-19(30)27-23-22(24(33)35-4-2)15-6-5-7-17(15)37-23/h8-10H,3-7,11-13H2,1-2H3,(H,27,30). The number of halogens is 1. The van der Waals surface area contributed by atoms with Crippen LogP contribution in [-0.2, 0) is 43.2 Å². The van der Waals surface area contributed by atoms with Gasteiger partial charge in [-0.15, -0.1) is 23.1 Å². The smallest absolute Gasteiger partial charge is 0.341 e. The summed E-state index contributed by atoms with van der Waals surface area (Å²) in [5, 5.41) is 3.27. The van der Waals surface area contributed by atoms with Crippen LogP contribution in [0.15, 0.2) is 23.2 Å². The molecule has 202 valence electrons. The fourth-order valence-corrected chi connectivity index (χ4v) is 7.03. The van der Waals surface area contributed by atoms with Crippen LogP contribution in [0.3, 0.4) is 0 Å². The molecule has 0 saturated carbocycles. The van der Waals surface area contributed by atoms with E-state index in [1.165, 1.54) is 34.1 Å². The highest BCUT2D eigenvalue weighted by atomic mass is 32.2. The quantitative estimate of drug-likeness (QED) is 0.362. The number of thiazole rings is 1. The van der Waals surface area contributed by atoms with Crippen LogP contribution in [0.1, 0.15) is 41.1 Å². The van der Waals surface area contributed by atoms with Gasteiger partial charge in [0.1, 0.15) is 17.4 Å². The van der Waals surface area contributed by atoms with Crippen LogP contribution in [0.4, 0.5) is 9.39 Å². The van der Waals surface area contributed by atoms with Gasteiger partial charge < -0.3 is 19.4 Å². The zero-order chi connectivity index (χ0) is 27.2. The lowest BCUT2D eigenvalue weighted by Crippen LogP contribution is -2.23. The Morgan fingerprint density at radius 1 is 1.11 bits per heavy atom. The first-order chi connectivity index (χ1) is 18.3. The van der Waals surface area contributed by atoms with Gasteiger partial charge in [-0.25, -0.2) is 9.18 Å². The second-order valence-electron chi connectivity index (χ2n) is 8.22. The Labute approximate surface area is 230 Å². The summed E-state index contributed by atoms with van der Waals surface area (Å²) in [5.41, 5.74) is 1.94. The highest BCUT2D eigenvalue weighted by molar-refractivity contribution is 8.00. The van der Waals surface area contributed by atoms with Crippen molar-refractivity contribution in [3.05, 3.63) is 44.8 Å². The summed E-state index contributed by atoms with van der Waals surface area (Å²) in [6.07, 6.45) is 2.62. The molecule has 38 heavy (non-hydrogen) atoms. The number of thiophene rings is 1. The fourth-order valence-electron chi connectivity index (χ4n) is 4.07. The molecule has 0 unspecified atom stereocenters. The van der Waals surface area contributed by atoms with Crippen LogP contribution in [0.5, 0.6) is 0 Å². The van der Waals surface area contributed by atoms with Gasteiger partial charge >= 0.3 is 11.9 Å². The van der Waals surface area contributed by atoms with Crippen molar-refractivity contribution in [1.29, 1.82) is 0 Å². The van der Waals surface area contributed by atoms with Crippen molar-refractivity contribution in [3.63, 3.8) is 0 Å². The number of ether oxygens (including phenoxy) is 2. The van der Waals surface area contributed by atoms with E-state index in [0.29, 0.717) is 20.8 Å². The summed E-state index contributed by atoms with van der Waals surface area (Å²) >= 11 is 3.55. The molecule has 3 aromatic rings. The van der Waals surface area contributed by atoms with Crippen molar-refractivity contribution < 1.29 is 33.0 Å². The molecule has 1 aromatic carbocycles. The number of amides is 2. The largest absolute Gasteiger partial charge is 0.465 e. The van der Waals surface area contributed by atoms with Gasteiger partial charge in [0.15, 0.2) is 4.80 Å². The lowest BCUT2D eigenvalue weighted by Gasteiger charge is -2.07. The number of fused-ring (bicyclic) bond motifs is 2. The van der Waals surface area contributed by atoms with Crippen LogP contribution in [0, 0.1) is 5.82 Å². The van der Waals surface area contributed by atoms with Gasteiger partial charge in [-0.3, -0.25) is 14.4 Å². The first-order valence-electron chi connectivity index (χ1n) is 12.0. The highest BCUT2D eigenvalue weighted by Crippen LogP contribution is 2.39. The van der Waals surface area contributed by atoms with E-state index in [-0.39, 0.29) is 42.0 Å². The minimum absolute atomic E-state index is 0.0213. The topological polar surface area (TPSA) is 116 Å². The molecule has 1 aliphatic rings. The monoisotopic (exact) mass is 579 g/mol. The lowest BCUT2D eigenvalue weighted by molar-refractivity contribution is -0.143. The van der Waals surface area contributed by atoms with Crippen LogP contribution < -0.4 is 10.1 Å².